The summed E-state index contributed by atoms with van der Waals surface area (Å²) in [4.78, 5) is 14.8. The van der Waals surface area contributed by atoms with Crippen LogP contribution in [0.5, 0.6) is 0 Å². The largest absolute Gasteiger partial charge is 0.334 e. The highest BCUT2D eigenvalue weighted by Crippen LogP contribution is 2.28. The van der Waals surface area contributed by atoms with Crippen molar-refractivity contribution in [3.8, 4) is 11.3 Å². The first-order valence-electron chi connectivity index (χ1n) is 7.22. The van der Waals surface area contributed by atoms with Gasteiger partial charge in [-0.2, -0.15) is 0 Å². The van der Waals surface area contributed by atoms with Crippen LogP contribution in [0.15, 0.2) is 48.7 Å². The molecule has 0 atom stereocenters. The van der Waals surface area contributed by atoms with E-state index in [1.807, 2.05) is 41.2 Å². The molecule has 1 aromatic carbocycles. The summed E-state index contributed by atoms with van der Waals surface area (Å²) in [6.45, 7) is 1.29. The fourth-order valence-corrected chi connectivity index (χ4v) is 3.58. The Labute approximate surface area is 142 Å². The second-order valence-electron chi connectivity index (χ2n) is 5.42. The fourth-order valence-electron chi connectivity index (χ4n) is 2.57. The van der Waals surface area contributed by atoms with E-state index in [4.69, 9.17) is 11.6 Å². The van der Waals surface area contributed by atoms with Crippen molar-refractivity contribution in [1.29, 1.82) is 0 Å². The van der Waals surface area contributed by atoms with Gasteiger partial charge in [-0.1, -0.05) is 47.1 Å². The summed E-state index contributed by atoms with van der Waals surface area (Å²) < 4.78 is 2.47. The molecular formula is C16H13ClN4OS. The molecule has 0 spiro atoms. The van der Waals surface area contributed by atoms with Crippen molar-refractivity contribution < 1.29 is 4.79 Å². The van der Waals surface area contributed by atoms with Gasteiger partial charge >= 0.3 is 0 Å². The number of nitrogens with zero attached hydrogens (tertiary/aromatic N) is 4. The van der Waals surface area contributed by atoms with E-state index in [1.165, 1.54) is 11.3 Å². The zero-order valence-corrected chi connectivity index (χ0v) is 13.7. The SMILES string of the molecule is O=C(c1ccc(Cl)s1)N1CC(n2cc(-c3ccccc3)nn2)C1. The van der Waals surface area contributed by atoms with E-state index in [1.54, 1.807) is 17.0 Å². The topological polar surface area (TPSA) is 51.0 Å². The van der Waals surface area contributed by atoms with Crippen molar-refractivity contribution >= 4 is 28.8 Å². The van der Waals surface area contributed by atoms with Crippen molar-refractivity contribution in [2.75, 3.05) is 13.1 Å². The Morgan fingerprint density at radius 2 is 1.96 bits per heavy atom. The maximum absolute atomic E-state index is 12.3. The molecular weight excluding hydrogens is 332 g/mol. The van der Waals surface area contributed by atoms with Crippen LogP contribution in [0, 0.1) is 0 Å². The van der Waals surface area contributed by atoms with E-state index >= 15 is 0 Å². The van der Waals surface area contributed by atoms with E-state index in [2.05, 4.69) is 10.3 Å². The number of hydrogen-bond acceptors (Lipinski definition) is 4. The summed E-state index contributed by atoms with van der Waals surface area (Å²) in [5.41, 5.74) is 1.89. The van der Waals surface area contributed by atoms with E-state index in [0.717, 1.165) is 11.3 Å². The quantitative estimate of drug-likeness (QED) is 0.732. The molecule has 1 aliphatic rings. The number of hydrogen-bond donors (Lipinski definition) is 0. The number of amides is 1. The normalized spacial score (nSPS) is 14.7. The van der Waals surface area contributed by atoms with Crippen molar-refractivity contribution in [1.82, 2.24) is 19.9 Å². The number of halogens is 1. The molecule has 1 saturated heterocycles. The minimum atomic E-state index is 0.0292. The van der Waals surface area contributed by atoms with Crippen molar-refractivity contribution in [2.45, 2.75) is 6.04 Å². The second-order valence-corrected chi connectivity index (χ2v) is 7.13. The molecule has 3 aromatic rings. The number of benzene rings is 1. The summed E-state index contributed by atoms with van der Waals surface area (Å²) in [6, 6.07) is 13.6. The second kappa shape index (κ2) is 5.79. The average Bonchev–Trinajstić information content (AvgIpc) is 3.16. The maximum Gasteiger partial charge on any atom is 0.264 e. The summed E-state index contributed by atoms with van der Waals surface area (Å²) in [7, 11) is 0. The first-order valence-corrected chi connectivity index (χ1v) is 8.42. The zero-order valence-electron chi connectivity index (χ0n) is 12.1. The van der Waals surface area contributed by atoms with E-state index in [9.17, 15) is 4.79 Å². The molecule has 1 amide bonds. The maximum atomic E-state index is 12.3. The smallest absolute Gasteiger partial charge is 0.264 e. The molecule has 0 unspecified atom stereocenters. The van der Waals surface area contributed by atoms with Crippen molar-refractivity contribution in [3.05, 3.63) is 57.9 Å². The Hall–Kier alpha value is -2.18. The highest BCUT2D eigenvalue weighted by molar-refractivity contribution is 7.17. The number of thiophene rings is 1. The number of rotatable bonds is 3. The Kier molecular flexibility index (Phi) is 3.63. The molecule has 1 aliphatic heterocycles. The molecule has 0 saturated carbocycles. The van der Waals surface area contributed by atoms with Crippen LogP contribution in [0.25, 0.3) is 11.3 Å². The molecule has 5 nitrogen and oxygen atoms in total. The lowest BCUT2D eigenvalue weighted by molar-refractivity contribution is 0.0503. The van der Waals surface area contributed by atoms with Gasteiger partial charge < -0.3 is 4.90 Å². The average molecular weight is 345 g/mol. The Morgan fingerprint density at radius 1 is 1.17 bits per heavy atom. The molecule has 2 aromatic heterocycles. The standard InChI is InChI=1S/C16H13ClN4OS/c17-15-7-6-14(23-15)16(22)20-8-12(9-20)21-10-13(18-19-21)11-4-2-1-3-5-11/h1-7,10,12H,8-9H2. The first kappa shape index (κ1) is 14.4. The van der Waals surface area contributed by atoms with Crippen LogP contribution < -0.4 is 0 Å². The first-order chi connectivity index (χ1) is 11.2. The molecule has 7 heteroatoms. The lowest BCUT2D eigenvalue weighted by Gasteiger charge is -2.38. The highest BCUT2D eigenvalue weighted by atomic mass is 35.5. The highest BCUT2D eigenvalue weighted by Gasteiger charge is 2.33. The molecule has 3 heterocycles. The van der Waals surface area contributed by atoms with Crippen LogP contribution >= 0.6 is 22.9 Å². The molecule has 1 fully saturated rings. The van der Waals surface area contributed by atoms with Gasteiger partial charge in [-0.25, -0.2) is 4.68 Å². The third-order valence-corrected chi connectivity index (χ3v) is 5.11. The minimum absolute atomic E-state index is 0.0292. The Morgan fingerprint density at radius 3 is 2.65 bits per heavy atom. The van der Waals surface area contributed by atoms with Gasteiger partial charge in [0.1, 0.15) is 5.69 Å². The van der Waals surface area contributed by atoms with Gasteiger partial charge in [0.25, 0.3) is 5.91 Å². The number of likely N-dealkylation sites (tertiary alicyclic amines) is 1. The summed E-state index contributed by atoms with van der Waals surface area (Å²) in [5, 5.41) is 8.41. The van der Waals surface area contributed by atoms with Crippen LogP contribution in [0.2, 0.25) is 4.34 Å². The van der Waals surface area contributed by atoms with Crippen molar-refractivity contribution in [3.63, 3.8) is 0 Å². The Bertz CT molecular complexity index is 839. The van der Waals surface area contributed by atoms with Gasteiger partial charge in [-0.3, -0.25) is 4.79 Å². The Balaban J connectivity index is 1.42. The number of carbonyl (C=O) groups is 1. The van der Waals surface area contributed by atoms with Crippen LogP contribution in [0.4, 0.5) is 0 Å². The molecule has 23 heavy (non-hydrogen) atoms. The monoisotopic (exact) mass is 344 g/mol. The number of carbonyl (C=O) groups excluding carboxylic acids is 1. The molecule has 0 N–H and O–H groups in total. The summed E-state index contributed by atoms with van der Waals surface area (Å²) in [5.74, 6) is 0.0292. The van der Waals surface area contributed by atoms with Crippen LogP contribution in [0.3, 0.4) is 0 Å². The third-order valence-electron chi connectivity index (χ3n) is 3.89. The van der Waals surface area contributed by atoms with E-state index < -0.39 is 0 Å². The number of aromatic nitrogens is 3. The van der Waals surface area contributed by atoms with Gasteiger partial charge in [-0.15, -0.1) is 16.4 Å². The third kappa shape index (κ3) is 2.75. The van der Waals surface area contributed by atoms with Crippen molar-refractivity contribution in [2.24, 2.45) is 0 Å². The van der Waals surface area contributed by atoms with Crippen LogP contribution in [-0.2, 0) is 0 Å². The summed E-state index contributed by atoms with van der Waals surface area (Å²) >= 11 is 7.19. The summed E-state index contributed by atoms with van der Waals surface area (Å²) in [6.07, 6.45) is 1.93. The predicted octanol–water partition coefficient (Wildman–Crippen LogP) is 3.36. The van der Waals surface area contributed by atoms with Crippen LogP contribution in [-0.4, -0.2) is 38.9 Å². The van der Waals surface area contributed by atoms with Gasteiger partial charge in [-0.05, 0) is 12.1 Å². The van der Waals surface area contributed by atoms with Gasteiger partial charge in [0.2, 0.25) is 0 Å². The van der Waals surface area contributed by atoms with Crippen LogP contribution in [0.1, 0.15) is 15.7 Å². The molecule has 0 bridgehead atoms. The van der Waals surface area contributed by atoms with E-state index in [-0.39, 0.29) is 11.9 Å². The molecule has 0 aliphatic carbocycles. The van der Waals surface area contributed by atoms with E-state index in [0.29, 0.717) is 22.3 Å². The fraction of sp³-hybridized carbons (Fsp3) is 0.188. The molecule has 0 radical (unpaired) electrons. The lowest BCUT2D eigenvalue weighted by atomic mass is 10.1. The molecule has 4 rings (SSSR count). The minimum Gasteiger partial charge on any atom is -0.334 e. The van der Waals surface area contributed by atoms with Gasteiger partial charge in [0.05, 0.1) is 21.5 Å². The van der Waals surface area contributed by atoms with Gasteiger partial charge in [0, 0.05) is 18.7 Å². The zero-order chi connectivity index (χ0) is 15.8. The molecule has 116 valence electrons. The predicted molar refractivity (Wildman–Crippen MR) is 89.7 cm³/mol. The lowest BCUT2D eigenvalue weighted by Crippen LogP contribution is -2.50. The van der Waals surface area contributed by atoms with Gasteiger partial charge in [0.15, 0.2) is 0 Å².